The molecule has 1 N–H and O–H groups in total. The molecular formula is C12H24ClNO2S. The van der Waals surface area contributed by atoms with Crippen molar-refractivity contribution in [3.8, 4) is 0 Å². The quantitative estimate of drug-likeness (QED) is 0.601. The molecule has 3 atom stereocenters. The van der Waals surface area contributed by atoms with Crippen LogP contribution in [0, 0.1) is 11.8 Å². The number of halogens is 1. The monoisotopic (exact) mass is 281 g/mol. The Kier molecular flexibility index (Phi) is 6.24. The van der Waals surface area contributed by atoms with Crippen molar-refractivity contribution in [3.05, 3.63) is 0 Å². The Morgan fingerprint density at radius 3 is 2.59 bits per heavy atom. The lowest BCUT2D eigenvalue weighted by Crippen LogP contribution is -2.44. The average molecular weight is 282 g/mol. The van der Waals surface area contributed by atoms with Gasteiger partial charge in [-0.05, 0) is 31.1 Å². The number of hydrogen-bond donors (Lipinski definition) is 1. The van der Waals surface area contributed by atoms with E-state index in [-0.39, 0.29) is 11.8 Å². The maximum absolute atomic E-state index is 11.9. The normalized spacial score (nSPS) is 30.4. The minimum atomic E-state index is -3.12. The standard InChI is InChI=1S/C12H24ClNO2S/c1-10-6-5-7-12(11(10)2)14-17(15,16)9-4-3-8-13/h10-12,14H,3-9H2,1-2H3. The van der Waals surface area contributed by atoms with Crippen LogP contribution in [0.15, 0.2) is 0 Å². The van der Waals surface area contributed by atoms with E-state index in [2.05, 4.69) is 18.6 Å². The molecule has 0 aromatic heterocycles. The van der Waals surface area contributed by atoms with Crippen molar-refractivity contribution in [3.63, 3.8) is 0 Å². The fraction of sp³-hybridized carbons (Fsp3) is 1.00. The Bertz CT molecular complexity index is 318. The van der Waals surface area contributed by atoms with E-state index in [1.54, 1.807) is 0 Å². The van der Waals surface area contributed by atoms with E-state index in [4.69, 9.17) is 11.6 Å². The maximum atomic E-state index is 11.9. The van der Waals surface area contributed by atoms with E-state index in [9.17, 15) is 8.42 Å². The third-order valence-corrected chi connectivity index (χ3v) is 5.59. The third-order valence-electron chi connectivity index (χ3n) is 3.83. The van der Waals surface area contributed by atoms with Crippen LogP contribution in [0.1, 0.15) is 46.0 Å². The molecule has 1 fully saturated rings. The molecule has 0 saturated heterocycles. The van der Waals surface area contributed by atoms with Crippen molar-refractivity contribution in [2.24, 2.45) is 11.8 Å². The van der Waals surface area contributed by atoms with Crippen LogP contribution < -0.4 is 4.72 Å². The first-order valence-corrected chi connectivity index (χ1v) is 8.71. The fourth-order valence-corrected chi connectivity index (χ4v) is 4.11. The highest BCUT2D eigenvalue weighted by atomic mass is 35.5. The molecule has 102 valence electrons. The predicted molar refractivity (Wildman–Crippen MR) is 72.8 cm³/mol. The van der Waals surface area contributed by atoms with Gasteiger partial charge < -0.3 is 0 Å². The van der Waals surface area contributed by atoms with Crippen molar-refractivity contribution >= 4 is 21.6 Å². The number of alkyl halides is 1. The van der Waals surface area contributed by atoms with Crippen molar-refractivity contribution < 1.29 is 8.42 Å². The lowest BCUT2D eigenvalue weighted by molar-refractivity contribution is 0.227. The largest absolute Gasteiger partial charge is 0.212 e. The summed E-state index contributed by atoms with van der Waals surface area (Å²) in [5.74, 6) is 1.79. The molecule has 0 spiro atoms. The van der Waals surface area contributed by atoms with Crippen molar-refractivity contribution in [1.82, 2.24) is 4.72 Å². The second-order valence-electron chi connectivity index (χ2n) is 5.21. The number of unbranched alkanes of at least 4 members (excludes halogenated alkanes) is 1. The van der Waals surface area contributed by atoms with Gasteiger partial charge in [0.1, 0.15) is 0 Å². The molecule has 0 aliphatic heterocycles. The summed E-state index contributed by atoms with van der Waals surface area (Å²) in [6.07, 6.45) is 4.72. The summed E-state index contributed by atoms with van der Waals surface area (Å²) in [7, 11) is -3.12. The van der Waals surface area contributed by atoms with Crippen LogP contribution >= 0.6 is 11.6 Å². The maximum Gasteiger partial charge on any atom is 0.211 e. The van der Waals surface area contributed by atoms with Gasteiger partial charge in [0.25, 0.3) is 0 Å². The van der Waals surface area contributed by atoms with E-state index >= 15 is 0 Å². The molecule has 3 unspecified atom stereocenters. The van der Waals surface area contributed by atoms with Gasteiger partial charge in [0.15, 0.2) is 0 Å². The van der Waals surface area contributed by atoms with Crippen LogP contribution in [-0.4, -0.2) is 26.1 Å². The minimum absolute atomic E-state index is 0.125. The fourth-order valence-electron chi connectivity index (χ4n) is 2.42. The van der Waals surface area contributed by atoms with Crippen LogP contribution in [0.5, 0.6) is 0 Å². The summed E-state index contributed by atoms with van der Waals surface area (Å²) in [6.45, 7) is 4.36. The Labute approximate surface area is 110 Å². The lowest BCUT2D eigenvalue weighted by atomic mass is 9.78. The zero-order valence-electron chi connectivity index (χ0n) is 10.8. The smallest absolute Gasteiger partial charge is 0.211 e. The van der Waals surface area contributed by atoms with Gasteiger partial charge in [-0.25, -0.2) is 13.1 Å². The molecule has 1 rings (SSSR count). The van der Waals surface area contributed by atoms with Crippen LogP contribution in [0.25, 0.3) is 0 Å². The molecular weight excluding hydrogens is 258 g/mol. The van der Waals surface area contributed by atoms with Gasteiger partial charge in [-0.1, -0.05) is 26.7 Å². The van der Waals surface area contributed by atoms with Gasteiger partial charge in [0.05, 0.1) is 5.75 Å². The van der Waals surface area contributed by atoms with Gasteiger partial charge in [0.2, 0.25) is 10.0 Å². The highest BCUT2D eigenvalue weighted by molar-refractivity contribution is 7.89. The van der Waals surface area contributed by atoms with E-state index in [0.29, 0.717) is 24.1 Å². The third kappa shape index (κ3) is 5.14. The second kappa shape index (κ2) is 6.95. The van der Waals surface area contributed by atoms with E-state index in [1.807, 2.05) is 0 Å². The van der Waals surface area contributed by atoms with Crippen LogP contribution in [0.3, 0.4) is 0 Å². The van der Waals surface area contributed by atoms with Crippen LogP contribution in [0.4, 0.5) is 0 Å². The summed E-state index contributed by atoms with van der Waals surface area (Å²) in [5.41, 5.74) is 0. The molecule has 1 saturated carbocycles. The lowest BCUT2D eigenvalue weighted by Gasteiger charge is -2.34. The first-order valence-electron chi connectivity index (χ1n) is 6.52. The first kappa shape index (κ1) is 15.3. The Hall–Kier alpha value is 0.200. The van der Waals surface area contributed by atoms with Crippen LogP contribution in [-0.2, 0) is 10.0 Å². The number of nitrogens with one attached hydrogen (secondary N) is 1. The summed E-state index contributed by atoms with van der Waals surface area (Å²) >= 11 is 5.55. The average Bonchev–Trinajstić information content (AvgIpc) is 2.25. The van der Waals surface area contributed by atoms with Gasteiger partial charge in [-0.3, -0.25) is 0 Å². The summed E-state index contributed by atoms with van der Waals surface area (Å²) in [6, 6.07) is 0.125. The molecule has 0 amide bonds. The zero-order chi connectivity index (χ0) is 12.9. The molecule has 0 heterocycles. The zero-order valence-corrected chi connectivity index (χ0v) is 12.4. The summed E-state index contributed by atoms with van der Waals surface area (Å²) in [5, 5.41) is 0. The molecule has 0 aromatic rings. The predicted octanol–water partition coefficient (Wildman–Crippen LogP) is 2.75. The Morgan fingerprint density at radius 2 is 1.94 bits per heavy atom. The number of sulfonamides is 1. The molecule has 1 aliphatic rings. The molecule has 0 radical (unpaired) electrons. The first-order chi connectivity index (χ1) is 7.96. The van der Waals surface area contributed by atoms with Crippen molar-refractivity contribution in [1.29, 1.82) is 0 Å². The Morgan fingerprint density at radius 1 is 1.24 bits per heavy atom. The highest BCUT2D eigenvalue weighted by Crippen LogP contribution is 2.29. The summed E-state index contributed by atoms with van der Waals surface area (Å²) < 4.78 is 26.6. The highest BCUT2D eigenvalue weighted by Gasteiger charge is 2.29. The van der Waals surface area contributed by atoms with E-state index in [1.165, 1.54) is 6.42 Å². The van der Waals surface area contributed by atoms with Gasteiger partial charge in [0, 0.05) is 11.9 Å². The van der Waals surface area contributed by atoms with Crippen molar-refractivity contribution in [2.45, 2.75) is 52.0 Å². The van der Waals surface area contributed by atoms with Gasteiger partial charge in [-0.2, -0.15) is 0 Å². The molecule has 0 bridgehead atoms. The molecule has 1 aliphatic carbocycles. The summed E-state index contributed by atoms with van der Waals surface area (Å²) in [4.78, 5) is 0. The SMILES string of the molecule is CC1CCCC(NS(=O)(=O)CCCCCl)C1C. The number of rotatable bonds is 6. The molecule has 0 aromatic carbocycles. The van der Waals surface area contributed by atoms with E-state index < -0.39 is 10.0 Å². The minimum Gasteiger partial charge on any atom is -0.212 e. The second-order valence-corrected chi connectivity index (χ2v) is 7.46. The van der Waals surface area contributed by atoms with Gasteiger partial charge in [-0.15, -0.1) is 11.6 Å². The molecule has 3 nitrogen and oxygen atoms in total. The topological polar surface area (TPSA) is 46.2 Å². The Balaban J connectivity index is 2.46. The molecule has 17 heavy (non-hydrogen) atoms. The van der Waals surface area contributed by atoms with Crippen LogP contribution in [0.2, 0.25) is 0 Å². The van der Waals surface area contributed by atoms with E-state index in [0.717, 1.165) is 19.3 Å². The number of hydrogen-bond acceptors (Lipinski definition) is 2. The van der Waals surface area contributed by atoms with Crippen molar-refractivity contribution in [2.75, 3.05) is 11.6 Å². The van der Waals surface area contributed by atoms with Gasteiger partial charge >= 0.3 is 0 Å². The molecule has 5 heteroatoms.